The number of alkyl halides is 3. The van der Waals surface area contributed by atoms with E-state index in [0.717, 1.165) is 43.1 Å². The van der Waals surface area contributed by atoms with Crippen LogP contribution in [0.4, 0.5) is 28.5 Å². The predicted molar refractivity (Wildman–Crippen MR) is 134 cm³/mol. The molecule has 1 amide bonds. The highest BCUT2D eigenvalue weighted by molar-refractivity contribution is 7.14. The van der Waals surface area contributed by atoms with Gasteiger partial charge in [-0.25, -0.2) is 14.4 Å². The molecule has 1 aliphatic heterocycles. The Balaban J connectivity index is 1.33. The molecule has 1 unspecified atom stereocenters. The number of anilines is 2. The molecule has 1 saturated carbocycles. The standard InChI is InChI=1S/C25H21ClF4N4O3S/c26-17-8-12(9-31-21(17)34-10-15(23(36)37)13-4-1-2-7-19(13)34)22(35)33-24-32-18(11-38-24)14-5-3-6-16(20(14)27)25(28,29)30/h3,5-6,8-9,11,13,15,19H,1-2,4,7,10H2,(H,36,37)(H,32,33,35)/t13-,15?,19-/m1/s1. The van der Waals surface area contributed by atoms with Crippen LogP contribution in [0.5, 0.6) is 0 Å². The van der Waals surface area contributed by atoms with E-state index in [4.69, 9.17) is 11.6 Å². The van der Waals surface area contributed by atoms with Crippen LogP contribution >= 0.6 is 22.9 Å². The Kier molecular flexibility index (Phi) is 7.03. The summed E-state index contributed by atoms with van der Waals surface area (Å²) in [4.78, 5) is 35.0. The van der Waals surface area contributed by atoms with E-state index in [0.29, 0.717) is 11.9 Å². The number of halogens is 5. The van der Waals surface area contributed by atoms with Crippen molar-refractivity contribution >= 4 is 45.8 Å². The summed E-state index contributed by atoms with van der Waals surface area (Å²) in [5.41, 5.74) is -1.68. The number of carboxylic acid groups (broad SMARTS) is 1. The second-order valence-corrected chi connectivity index (χ2v) is 10.6. The number of aliphatic carboxylic acids is 1. The lowest BCUT2D eigenvalue weighted by Crippen LogP contribution is -2.35. The number of carbonyl (C=O) groups excluding carboxylic acids is 1. The van der Waals surface area contributed by atoms with E-state index in [9.17, 15) is 32.3 Å². The van der Waals surface area contributed by atoms with Crippen molar-refractivity contribution in [2.24, 2.45) is 11.8 Å². The third-order valence-electron chi connectivity index (χ3n) is 7.07. The first-order valence-electron chi connectivity index (χ1n) is 11.8. The van der Waals surface area contributed by atoms with Gasteiger partial charge in [0, 0.05) is 29.7 Å². The van der Waals surface area contributed by atoms with Crippen LogP contribution in [0.2, 0.25) is 5.02 Å². The summed E-state index contributed by atoms with van der Waals surface area (Å²) in [6.07, 6.45) is 0.112. The van der Waals surface area contributed by atoms with Crippen LogP contribution < -0.4 is 10.2 Å². The SMILES string of the molecule is O=C(Nc1nc(-c2cccc(C(F)(F)F)c2F)cs1)c1cnc(N2CC(C(=O)O)[C@H]3CCCC[C@H]32)c(Cl)c1. The van der Waals surface area contributed by atoms with Crippen LogP contribution in [0.15, 0.2) is 35.8 Å². The molecule has 3 atom stereocenters. The van der Waals surface area contributed by atoms with Crippen molar-refractivity contribution in [1.29, 1.82) is 0 Å². The van der Waals surface area contributed by atoms with E-state index in [1.807, 2.05) is 4.90 Å². The number of fused-ring (bicyclic) bond motifs is 1. The molecule has 0 radical (unpaired) electrons. The maximum atomic E-state index is 14.5. The number of rotatable bonds is 5. The number of hydrogen-bond acceptors (Lipinski definition) is 6. The summed E-state index contributed by atoms with van der Waals surface area (Å²) >= 11 is 7.41. The number of nitrogens with one attached hydrogen (secondary N) is 1. The predicted octanol–water partition coefficient (Wildman–Crippen LogP) is 6.35. The van der Waals surface area contributed by atoms with Gasteiger partial charge in [-0.3, -0.25) is 14.9 Å². The van der Waals surface area contributed by atoms with Crippen LogP contribution in [-0.2, 0) is 11.0 Å². The number of amides is 1. The number of hydrogen-bond donors (Lipinski definition) is 2. The minimum Gasteiger partial charge on any atom is -0.481 e. The molecule has 5 rings (SSSR count). The van der Waals surface area contributed by atoms with Crippen molar-refractivity contribution in [1.82, 2.24) is 9.97 Å². The smallest absolute Gasteiger partial charge is 0.419 e. The van der Waals surface area contributed by atoms with Crippen LogP contribution in [-0.4, -0.2) is 39.5 Å². The molecule has 0 spiro atoms. The van der Waals surface area contributed by atoms with E-state index in [2.05, 4.69) is 15.3 Å². The topological polar surface area (TPSA) is 95.4 Å². The van der Waals surface area contributed by atoms with E-state index in [1.165, 1.54) is 23.7 Å². The third-order valence-corrected chi connectivity index (χ3v) is 8.11. The zero-order valence-corrected chi connectivity index (χ0v) is 21.2. The molecule has 2 aliphatic rings. The monoisotopic (exact) mass is 568 g/mol. The summed E-state index contributed by atoms with van der Waals surface area (Å²) < 4.78 is 53.6. The molecular formula is C25H21ClF4N4O3S. The molecule has 2 N–H and O–H groups in total. The summed E-state index contributed by atoms with van der Waals surface area (Å²) in [7, 11) is 0. The molecule has 1 aliphatic carbocycles. The molecule has 2 aromatic heterocycles. The van der Waals surface area contributed by atoms with Gasteiger partial charge in [0.15, 0.2) is 5.13 Å². The number of carbonyl (C=O) groups is 2. The molecular weight excluding hydrogens is 548 g/mol. The largest absolute Gasteiger partial charge is 0.481 e. The summed E-state index contributed by atoms with van der Waals surface area (Å²) in [6, 6.07) is 4.35. The highest BCUT2D eigenvalue weighted by Crippen LogP contribution is 2.43. The Hall–Kier alpha value is -3.25. The van der Waals surface area contributed by atoms with E-state index >= 15 is 0 Å². The Morgan fingerprint density at radius 1 is 1.21 bits per heavy atom. The number of benzene rings is 1. The number of aromatic nitrogens is 2. The van der Waals surface area contributed by atoms with E-state index < -0.39 is 35.4 Å². The fourth-order valence-electron chi connectivity index (χ4n) is 5.32. The van der Waals surface area contributed by atoms with Crippen molar-refractivity contribution in [2.75, 3.05) is 16.8 Å². The van der Waals surface area contributed by atoms with Gasteiger partial charge < -0.3 is 10.0 Å². The molecule has 1 aromatic carbocycles. The lowest BCUT2D eigenvalue weighted by molar-refractivity contribution is -0.143. The zero-order chi connectivity index (χ0) is 27.2. The van der Waals surface area contributed by atoms with Gasteiger partial charge in [-0.2, -0.15) is 13.2 Å². The third kappa shape index (κ3) is 4.94. The van der Waals surface area contributed by atoms with Crippen LogP contribution in [0.1, 0.15) is 41.6 Å². The summed E-state index contributed by atoms with van der Waals surface area (Å²) in [5.74, 6) is -2.98. The molecule has 1 saturated heterocycles. The molecule has 3 aromatic rings. The first-order chi connectivity index (χ1) is 18.0. The molecule has 2 fully saturated rings. The first kappa shape index (κ1) is 26.4. The molecule has 3 heterocycles. The zero-order valence-electron chi connectivity index (χ0n) is 19.6. The van der Waals surface area contributed by atoms with Crippen molar-refractivity contribution in [3.05, 3.63) is 57.8 Å². The van der Waals surface area contributed by atoms with Gasteiger partial charge >= 0.3 is 12.1 Å². The van der Waals surface area contributed by atoms with Gasteiger partial charge in [-0.05, 0) is 37.0 Å². The van der Waals surface area contributed by atoms with Crippen molar-refractivity contribution in [3.8, 4) is 11.3 Å². The number of thiazole rings is 1. The second-order valence-electron chi connectivity index (χ2n) is 9.30. The second kappa shape index (κ2) is 10.1. The Bertz CT molecular complexity index is 1400. The Morgan fingerprint density at radius 3 is 2.68 bits per heavy atom. The first-order valence-corrected chi connectivity index (χ1v) is 13.1. The van der Waals surface area contributed by atoms with Gasteiger partial charge in [0.1, 0.15) is 11.6 Å². The highest BCUT2D eigenvalue weighted by atomic mass is 35.5. The van der Waals surface area contributed by atoms with Gasteiger partial charge in [0.05, 0.1) is 27.8 Å². The number of carboxylic acids is 1. The maximum absolute atomic E-state index is 14.5. The highest BCUT2D eigenvalue weighted by Gasteiger charge is 2.47. The minimum atomic E-state index is -4.85. The Morgan fingerprint density at radius 2 is 1.97 bits per heavy atom. The van der Waals surface area contributed by atoms with Crippen LogP contribution in [0.25, 0.3) is 11.3 Å². The van der Waals surface area contributed by atoms with Gasteiger partial charge in [-0.15, -0.1) is 11.3 Å². The fourth-order valence-corrected chi connectivity index (χ4v) is 6.30. The Labute approximate surface area is 223 Å². The van der Waals surface area contributed by atoms with Gasteiger partial charge in [-0.1, -0.05) is 30.5 Å². The molecule has 7 nitrogen and oxygen atoms in total. The van der Waals surface area contributed by atoms with Crippen LogP contribution in [0.3, 0.4) is 0 Å². The lowest BCUT2D eigenvalue weighted by atomic mass is 9.80. The molecule has 0 bridgehead atoms. The maximum Gasteiger partial charge on any atom is 0.419 e. The van der Waals surface area contributed by atoms with Gasteiger partial charge in [0.25, 0.3) is 5.91 Å². The average molecular weight is 569 g/mol. The molecule has 13 heteroatoms. The minimum absolute atomic E-state index is 0.0134. The molecule has 200 valence electrons. The van der Waals surface area contributed by atoms with Crippen LogP contribution in [0, 0.1) is 17.7 Å². The lowest BCUT2D eigenvalue weighted by Gasteiger charge is -2.33. The molecule has 38 heavy (non-hydrogen) atoms. The number of pyridine rings is 1. The summed E-state index contributed by atoms with van der Waals surface area (Å²) in [6.45, 7) is 0.289. The summed E-state index contributed by atoms with van der Waals surface area (Å²) in [5, 5.41) is 13.8. The number of nitrogens with zero attached hydrogens (tertiary/aromatic N) is 3. The van der Waals surface area contributed by atoms with E-state index in [1.54, 1.807) is 0 Å². The van der Waals surface area contributed by atoms with Gasteiger partial charge in [0.2, 0.25) is 0 Å². The van der Waals surface area contributed by atoms with Crippen molar-refractivity contribution < 1.29 is 32.3 Å². The van der Waals surface area contributed by atoms with Crippen molar-refractivity contribution in [3.63, 3.8) is 0 Å². The van der Waals surface area contributed by atoms with E-state index in [-0.39, 0.29) is 45.5 Å². The fraction of sp³-hybridized carbons (Fsp3) is 0.360. The average Bonchev–Trinajstić information content (AvgIpc) is 3.48. The van der Waals surface area contributed by atoms with Crippen molar-refractivity contribution in [2.45, 2.75) is 37.9 Å². The normalized spacial score (nSPS) is 21.3. The quantitative estimate of drug-likeness (QED) is 0.348.